The molecule has 1 rings (SSSR count). The molecular weight excluding hydrogens is 278 g/mol. The van der Waals surface area contributed by atoms with E-state index in [4.69, 9.17) is 20.1 Å². The molecule has 18 heavy (non-hydrogen) atoms. The summed E-state index contributed by atoms with van der Waals surface area (Å²) >= 11 is -1.34. The van der Waals surface area contributed by atoms with Gasteiger partial charge in [0.15, 0.2) is 0 Å². The third kappa shape index (κ3) is 8.44. The summed E-state index contributed by atoms with van der Waals surface area (Å²) in [6.07, 6.45) is 9.08. The number of aryl methyl sites for hydroxylation is 2. The Morgan fingerprint density at radius 1 is 0.833 bits per heavy atom. The highest BCUT2D eigenvalue weighted by atomic mass is 35.7. The zero-order valence-electron chi connectivity index (χ0n) is 11.3. The van der Waals surface area contributed by atoms with E-state index in [1.165, 1.54) is 56.1 Å². The maximum Gasteiger partial charge on any atom is 0.519 e. The van der Waals surface area contributed by atoms with Crippen LogP contribution in [-0.4, -0.2) is 12.3 Å². The Labute approximate surface area is 124 Å². The third-order valence-electron chi connectivity index (χ3n) is 3.26. The summed E-state index contributed by atoms with van der Waals surface area (Å²) in [6.45, 7) is 2.14. The van der Waals surface area contributed by atoms with Gasteiger partial charge in [-0.1, -0.05) is 67.2 Å². The average Bonchev–Trinajstić information content (AvgIpc) is 2.34. The normalized spacial score (nSPS) is 10.6. The second-order valence-electron chi connectivity index (χ2n) is 5.04. The van der Waals surface area contributed by atoms with E-state index in [1.54, 1.807) is 0 Å². The van der Waals surface area contributed by atoms with Gasteiger partial charge < -0.3 is 0 Å². The number of halogens is 2. The van der Waals surface area contributed by atoms with Crippen molar-refractivity contribution >= 4 is 32.4 Å². The van der Waals surface area contributed by atoms with E-state index in [0.717, 1.165) is 5.28 Å². The summed E-state index contributed by atoms with van der Waals surface area (Å²) < 4.78 is 0. The van der Waals surface area contributed by atoms with Crippen molar-refractivity contribution in [2.75, 3.05) is 0 Å². The Bertz CT molecular complexity index is 309. The fourth-order valence-corrected chi connectivity index (χ4v) is 3.61. The van der Waals surface area contributed by atoms with Crippen LogP contribution >= 0.6 is 20.1 Å². The van der Waals surface area contributed by atoms with Crippen LogP contribution in [0.2, 0.25) is 5.28 Å². The van der Waals surface area contributed by atoms with Crippen LogP contribution < -0.4 is 0 Å². The molecule has 0 saturated carbocycles. The molecule has 0 aliphatic rings. The highest BCUT2D eigenvalue weighted by molar-refractivity contribution is 7.33. The van der Waals surface area contributed by atoms with Gasteiger partial charge >= 0.3 is 12.3 Å². The first-order valence-corrected chi connectivity index (χ1v) is 11.3. The van der Waals surface area contributed by atoms with Crippen molar-refractivity contribution in [1.29, 1.82) is 0 Å². The van der Waals surface area contributed by atoms with Crippen molar-refractivity contribution in [2.45, 2.75) is 57.2 Å². The number of rotatable bonds is 9. The van der Waals surface area contributed by atoms with Crippen LogP contribution in [0, 0.1) is 6.92 Å². The molecule has 0 amide bonds. The lowest BCUT2D eigenvalue weighted by Crippen LogP contribution is -1.91. The maximum atomic E-state index is 5.82. The molecule has 0 heterocycles. The first-order chi connectivity index (χ1) is 8.68. The largest absolute Gasteiger partial charge is 0.519 e. The average molecular weight is 301 g/mol. The minimum absolute atomic E-state index is 1.08. The zero-order valence-corrected chi connectivity index (χ0v) is 14.0. The van der Waals surface area contributed by atoms with Gasteiger partial charge in [-0.25, -0.2) is 20.1 Å². The van der Waals surface area contributed by atoms with Gasteiger partial charge in [0.05, 0.1) is 0 Å². The van der Waals surface area contributed by atoms with Crippen LogP contribution in [0.4, 0.5) is 0 Å². The Balaban J connectivity index is 1.94. The smallest absolute Gasteiger partial charge is 0.234 e. The quantitative estimate of drug-likeness (QED) is 0.397. The van der Waals surface area contributed by atoms with Gasteiger partial charge in [-0.15, -0.1) is 0 Å². The van der Waals surface area contributed by atoms with E-state index >= 15 is 0 Å². The van der Waals surface area contributed by atoms with Gasteiger partial charge in [-0.05, 0) is 25.3 Å². The number of hydrogen-bond donors (Lipinski definition) is 0. The molecular formula is C15H23AlCl2. The lowest BCUT2D eigenvalue weighted by atomic mass is 10.0. The molecule has 0 unspecified atom stereocenters. The van der Waals surface area contributed by atoms with Crippen molar-refractivity contribution in [3.63, 3.8) is 0 Å². The predicted octanol–water partition coefficient (Wildman–Crippen LogP) is 5.84. The van der Waals surface area contributed by atoms with Crippen LogP contribution in [0.5, 0.6) is 0 Å². The van der Waals surface area contributed by atoms with E-state index in [2.05, 4.69) is 31.2 Å². The molecule has 0 fully saturated rings. The first-order valence-electron chi connectivity index (χ1n) is 7.02. The topological polar surface area (TPSA) is 0 Å². The van der Waals surface area contributed by atoms with Crippen LogP contribution in [0.15, 0.2) is 24.3 Å². The van der Waals surface area contributed by atoms with Crippen LogP contribution in [0.3, 0.4) is 0 Å². The molecule has 0 spiro atoms. The van der Waals surface area contributed by atoms with Gasteiger partial charge in [-0.3, -0.25) is 0 Å². The molecule has 0 saturated heterocycles. The van der Waals surface area contributed by atoms with E-state index in [0.29, 0.717) is 0 Å². The van der Waals surface area contributed by atoms with Gasteiger partial charge in [0.2, 0.25) is 0 Å². The Morgan fingerprint density at radius 2 is 1.39 bits per heavy atom. The van der Waals surface area contributed by atoms with Crippen LogP contribution in [-0.2, 0) is 6.42 Å². The monoisotopic (exact) mass is 300 g/mol. The molecule has 0 aromatic heterocycles. The summed E-state index contributed by atoms with van der Waals surface area (Å²) in [5, 5.41) is 1.08. The van der Waals surface area contributed by atoms with Crippen molar-refractivity contribution < 1.29 is 0 Å². The van der Waals surface area contributed by atoms with Gasteiger partial charge in [0.1, 0.15) is 0 Å². The number of benzene rings is 1. The molecule has 1 aromatic rings. The first kappa shape index (κ1) is 16.4. The highest BCUT2D eigenvalue weighted by Crippen LogP contribution is 2.14. The Kier molecular flexibility index (Phi) is 9.25. The minimum atomic E-state index is -1.34. The standard InChI is InChI=1S/C15H23.Al.2ClH/c1-3-4-5-6-7-8-9-15-12-10-14(2)11-13-15;;;/h10-13H,1,3-9H2,2H3;;2*1H/q;+2;;/p-2. The minimum Gasteiger partial charge on any atom is -0.234 e. The highest BCUT2D eigenvalue weighted by Gasteiger charge is 2.08. The van der Waals surface area contributed by atoms with E-state index in [9.17, 15) is 0 Å². The molecule has 0 aliphatic heterocycles. The molecule has 0 aliphatic carbocycles. The fraction of sp³-hybridized carbons (Fsp3) is 0.600. The third-order valence-corrected chi connectivity index (χ3v) is 5.41. The Morgan fingerprint density at radius 3 is 2.00 bits per heavy atom. The Hall–Kier alpha value is 0.332. The second-order valence-corrected chi connectivity index (χ2v) is 10.2. The van der Waals surface area contributed by atoms with Gasteiger partial charge in [0, 0.05) is 0 Å². The van der Waals surface area contributed by atoms with Gasteiger partial charge in [-0.2, -0.15) is 0 Å². The molecule has 3 heteroatoms. The summed E-state index contributed by atoms with van der Waals surface area (Å²) in [5.41, 5.74) is 2.82. The molecule has 0 N–H and O–H groups in total. The molecule has 0 nitrogen and oxygen atoms in total. The van der Waals surface area contributed by atoms with Crippen molar-refractivity contribution in [3.05, 3.63) is 35.4 Å². The summed E-state index contributed by atoms with van der Waals surface area (Å²) in [5.74, 6) is 0. The van der Waals surface area contributed by atoms with Crippen molar-refractivity contribution in [1.82, 2.24) is 0 Å². The van der Waals surface area contributed by atoms with E-state index in [1.807, 2.05) is 0 Å². The zero-order chi connectivity index (χ0) is 13.2. The molecule has 0 atom stereocenters. The SMILES string of the molecule is Cc1ccc(CCCCCCC[CH2][Al]([Cl])[Cl])cc1. The number of hydrogen-bond acceptors (Lipinski definition) is 0. The lowest BCUT2D eigenvalue weighted by Gasteiger charge is -2.03. The van der Waals surface area contributed by atoms with E-state index < -0.39 is 12.3 Å². The summed E-state index contributed by atoms with van der Waals surface area (Å²) in [6, 6.07) is 8.91. The van der Waals surface area contributed by atoms with Gasteiger partial charge in [0.25, 0.3) is 0 Å². The molecule has 100 valence electrons. The lowest BCUT2D eigenvalue weighted by molar-refractivity contribution is 0.607. The van der Waals surface area contributed by atoms with Crippen molar-refractivity contribution in [2.24, 2.45) is 0 Å². The summed E-state index contributed by atoms with van der Waals surface area (Å²) in [7, 11) is 11.6. The van der Waals surface area contributed by atoms with E-state index in [-0.39, 0.29) is 0 Å². The van der Waals surface area contributed by atoms with Crippen LogP contribution in [0.25, 0.3) is 0 Å². The predicted molar refractivity (Wildman–Crippen MR) is 84.9 cm³/mol. The van der Waals surface area contributed by atoms with Crippen LogP contribution in [0.1, 0.15) is 49.7 Å². The maximum absolute atomic E-state index is 5.82. The molecule has 0 radical (unpaired) electrons. The van der Waals surface area contributed by atoms with Crippen molar-refractivity contribution in [3.8, 4) is 0 Å². The molecule has 1 aromatic carbocycles. The summed E-state index contributed by atoms with van der Waals surface area (Å²) in [4.78, 5) is 0. The fourth-order valence-electron chi connectivity index (χ4n) is 2.09. The number of unbranched alkanes of at least 4 members (excludes halogenated alkanes) is 5. The second kappa shape index (κ2) is 10.2. The molecule has 0 bridgehead atoms.